The van der Waals surface area contributed by atoms with Crippen molar-refractivity contribution in [3.05, 3.63) is 11.8 Å². The Bertz CT molecular complexity index is 139. The maximum Gasteiger partial charge on any atom is 0.0713 e. The fraction of sp³-hybridized carbons (Fsp3) is 0.800. The molecule has 0 unspecified atom stereocenters. The SMILES string of the molecule is CCC[Si](C)(C)C=CCN(C)C. The zero-order chi connectivity index (χ0) is 9.61. The molecule has 0 aliphatic heterocycles. The van der Waals surface area contributed by atoms with Crippen LogP contribution in [0.1, 0.15) is 13.3 Å². The monoisotopic (exact) mass is 185 g/mol. The second-order valence-electron chi connectivity index (χ2n) is 4.40. The van der Waals surface area contributed by atoms with Gasteiger partial charge in [0.05, 0.1) is 8.07 Å². The van der Waals surface area contributed by atoms with Crippen molar-refractivity contribution in [2.24, 2.45) is 0 Å². The van der Waals surface area contributed by atoms with Gasteiger partial charge in [-0.15, -0.1) is 0 Å². The highest BCUT2D eigenvalue weighted by atomic mass is 28.3. The third kappa shape index (κ3) is 6.62. The molecule has 0 bridgehead atoms. The molecule has 0 aromatic carbocycles. The minimum Gasteiger partial charge on any atom is -0.306 e. The molecule has 0 atom stereocenters. The summed E-state index contributed by atoms with van der Waals surface area (Å²) in [6, 6.07) is 1.41. The number of rotatable bonds is 5. The van der Waals surface area contributed by atoms with Gasteiger partial charge in [-0.1, -0.05) is 44.3 Å². The van der Waals surface area contributed by atoms with Crippen LogP contribution in [-0.4, -0.2) is 33.6 Å². The molecule has 0 aliphatic carbocycles. The maximum atomic E-state index is 2.47. The molecule has 12 heavy (non-hydrogen) atoms. The number of nitrogens with zero attached hydrogens (tertiary/aromatic N) is 1. The van der Waals surface area contributed by atoms with Gasteiger partial charge in [0.1, 0.15) is 0 Å². The van der Waals surface area contributed by atoms with E-state index >= 15 is 0 Å². The van der Waals surface area contributed by atoms with E-state index in [4.69, 9.17) is 0 Å². The van der Waals surface area contributed by atoms with Crippen LogP contribution in [0.15, 0.2) is 11.8 Å². The Kier molecular flexibility index (Phi) is 5.50. The van der Waals surface area contributed by atoms with E-state index in [-0.39, 0.29) is 0 Å². The maximum absolute atomic E-state index is 2.47. The van der Waals surface area contributed by atoms with Crippen LogP contribution in [0.3, 0.4) is 0 Å². The quantitative estimate of drug-likeness (QED) is 0.595. The third-order valence-corrected chi connectivity index (χ3v) is 4.86. The summed E-state index contributed by atoms with van der Waals surface area (Å²) >= 11 is 0. The van der Waals surface area contributed by atoms with E-state index in [1.54, 1.807) is 0 Å². The van der Waals surface area contributed by atoms with Gasteiger partial charge in [0.2, 0.25) is 0 Å². The van der Waals surface area contributed by atoms with E-state index in [0.717, 1.165) is 6.54 Å². The zero-order valence-corrected chi connectivity index (χ0v) is 10.2. The Morgan fingerprint density at radius 3 is 2.25 bits per heavy atom. The van der Waals surface area contributed by atoms with Crippen molar-refractivity contribution in [3.63, 3.8) is 0 Å². The van der Waals surface area contributed by atoms with Crippen molar-refractivity contribution in [3.8, 4) is 0 Å². The van der Waals surface area contributed by atoms with Gasteiger partial charge in [0, 0.05) is 6.54 Å². The molecule has 1 nitrogen and oxygen atoms in total. The molecule has 72 valence electrons. The van der Waals surface area contributed by atoms with Gasteiger partial charge in [0.15, 0.2) is 0 Å². The molecule has 0 aromatic heterocycles. The fourth-order valence-corrected chi connectivity index (χ4v) is 3.51. The standard InChI is InChI=1S/C10H23NSi/c1-6-9-12(4,5)10-7-8-11(2)3/h7,10H,6,8-9H2,1-5H3. The highest BCUT2D eigenvalue weighted by Gasteiger charge is 2.13. The molecule has 2 heteroatoms. The third-order valence-electron chi connectivity index (χ3n) is 1.93. The zero-order valence-electron chi connectivity index (χ0n) is 9.22. The van der Waals surface area contributed by atoms with Crippen LogP contribution < -0.4 is 0 Å². The molecule has 0 saturated heterocycles. The minimum atomic E-state index is -0.977. The Hall–Kier alpha value is -0.0831. The molecular formula is C10H23NSi. The van der Waals surface area contributed by atoms with Crippen molar-refractivity contribution >= 4 is 8.07 Å². The summed E-state index contributed by atoms with van der Waals surface area (Å²) in [6.07, 6.45) is 3.65. The van der Waals surface area contributed by atoms with Crippen molar-refractivity contribution in [1.82, 2.24) is 4.90 Å². The van der Waals surface area contributed by atoms with Gasteiger partial charge in [-0.2, -0.15) is 0 Å². The number of hydrogen-bond donors (Lipinski definition) is 0. The Balaban J connectivity index is 3.79. The minimum absolute atomic E-state index is 0.977. The predicted octanol–water partition coefficient (Wildman–Crippen LogP) is 2.76. The average molecular weight is 185 g/mol. The Morgan fingerprint density at radius 2 is 1.83 bits per heavy atom. The lowest BCUT2D eigenvalue weighted by molar-refractivity contribution is 0.456. The van der Waals surface area contributed by atoms with E-state index in [1.165, 1.54) is 12.5 Å². The first kappa shape index (κ1) is 11.9. The number of likely N-dealkylation sites (N-methyl/N-ethyl adjacent to an activating group) is 1. The lowest BCUT2D eigenvalue weighted by atomic mass is 10.6. The van der Waals surface area contributed by atoms with Crippen molar-refractivity contribution in [2.45, 2.75) is 32.5 Å². The van der Waals surface area contributed by atoms with Crippen molar-refractivity contribution in [1.29, 1.82) is 0 Å². The molecule has 0 heterocycles. The van der Waals surface area contributed by atoms with Crippen LogP contribution in [0.4, 0.5) is 0 Å². The summed E-state index contributed by atoms with van der Waals surface area (Å²) in [5.41, 5.74) is 2.47. The van der Waals surface area contributed by atoms with E-state index < -0.39 is 8.07 Å². The molecule has 0 amide bonds. The van der Waals surface area contributed by atoms with Crippen molar-refractivity contribution in [2.75, 3.05) is 20.6 Å². The van der Waals surface area contributed by atoms with Crippen LogP contribution in [0.5, 0.6) is 0 Å². The van der Waals surface area contributed by atoms with E-state index in [1.807, 2.05) is 0 Å². The molecule has 0 aliphatic rings. The molecular weight excluding hydrogens is 162 g/mol. The molecule has 0 aromatic rings. The fourth-order valence-electron chi connectivity index (χ4n) is 1.31. The first-order valence-electron chi connectivity index (χ1n) is 4.80. The van der Waals surface area contributed by atoms with Gasteiger partial charge < -0.3 is 4.90 Å². The first-order valence-corrected chi connectivity index (χ1v) is 8.09. The summed E-state index contributed by atoms with van der Waals surface area (Å²) in [5.74, 6) is 0. The van der Waals surface area contributed by atoms with Crippen LogP contribution in [0.2, 0.25) is 19.1 Å². The lowest BCUT2D eigenvalue weighted by Gasteiger charge is -2.16. The van der Waals surface area contributed by atoms with Gasteiger partial charge in [-0.3, -0.25) is 0 Å². The normalized spacial score (nSPS) is 13.2. The largest absolute Gasteiger partial charge is 0.306 e. The molecule has 0 radical (unpaired) electrons. The van der Waals surface area contributed by atoms with Crippen LogP contribution >= 0.6 is 0 Å². The Morgan fingerprint density at radius 1 is 1.25 bits per heavy atom. The predicted molar refractivity (Wildman–Crippen MR) is 60.3 cm³/mol. The van der Waals surface area contributed by atoms with E-state index in [9.17, 15) is 0 Å². The average Bonchev–Trinajstić information content (AvgIpc) is 1.85. The first-order chi connectivity index (χ1) is 5.48. The van der Waals surface area contributed by atoms with Gasteiger partial charge in [-0.05, 0) is 14.1 Å². The molecule has 0 spiro atoms. The second-order valence-corrected chi connectivity index (χ2v) is 9.21. The number of hydrogen-bond acceptors (Lipinski definition) is 1. The molecule has 0 N–H and O–H groups in total. The molecule has 0 rings (SSSR count). The highest BCUT2D eigenvalue weighted by molar-refractivity contribution is 6.82. The van der Waals surface area contributed by atoms with Gasteiger partial charge in [-0.25, -0.2) is 0 Å². The topological polar surface area (TPSA) is 3.24 Å². The summed E-state index contributed by atoms with van der Waals surface area (Å²) < 4.78 is 0. The molecule has 0 saturated carbocycles. The summed E-state index contributed by atoms with van der Waals surface area (Å²) in [4.78, 5) is 2.20. The van der Waals surface area contributed by atoms with Crippen LogP contribution in [-0.2, 0) is 0 Å². The highest BCUT2D eigenvalue weighted by Crippen LogP contribution is 2.12. The van der Waals surface area contributed by atoms with E-state index in [0.29, 0.717) is 0 Å². The second kappa shape index (κ2) is 5.54. The summed E-state index contributed by atoms with van der Waals surface area (Å²) in [5, 5.41) is 0. The van der Waals surface area contributed by atoms with Gasteiger partial charge >= 0.3 is 0 Å². The van der Waals surface area contributed by atoms with E-state index in [2.05, 4.69) is 50.8 Å². The smallest absolute Gasteiger partial charge is 0.0713 e. The van der Waals surface area contributed by atoms with Gasteiger partial charge in [0.25, 0.3) is 0 Å². The lowest BCUT2D eigenvalue weighted by Crippen LogP contribution is -2.22. The summed E-state index contributed by atoms with van der Waals surface area (Å²) in [6.45, 7) is 8.22. The van der Waals surface area contributed by atoms with Crippen LogP contribution in [0.25, 0.3) is 0 Å². The molecule has 0 fully saturated rings. The summed E-state index contributed by atoms with van der Waals surface area (Å²) in [7, 11) is 3.24. The Labute approximate surface area is 78.5 Å². The van der Waals surface area contributed by atoms with Crippen molar-refractivity contribution < 1.29 is 0 Å². The van der Waals surface area contributed by atoms with Crippen LogP contribution in [0, 0.1) is 0 Å².